The number of esters is 3. The lowest BCUT2D eigenvalue weighted by Gasteiger charge is -1.97. The average molecular weight is 534 g/mol. The van der Waals surface area contributed by atoms with E-state index in [1.165, 1.54) is 18.7 Å². The summed E-state index contributed by atoms with van der Waals surface area (Å²) in [4.78, 5) is 40.5. The Kier molecular flexibility index (Phi) is 33.1. The van der Waals surface area contributed by atoms with E-state index in [9.17, 15) is 19.2 Å². The number of hydrogen-bond donors (Lipinski definition) is 2. The minimum Gasteiger partial charge on any atom is -0.466 e. The largest absolute Gasteiger partial charge is 0.466 e. The zero-order valence-electron chi connectivity index (χ0n) is 23.1. The zero-order chi connectivity index (χ0) is 30.4. The van der Waals surface area contributed by atoms with Crippen molar-refractivity contribution < 1.29 is 38.5 Å². The number of ether oxygens (including phenoxy) is 3. The van der Waals surface area contributed by atoms with Gasteiger partial charge in [0.05, 0.1) is 20.3 Å². The molecule has 9 heteroatoms. The van der Waals surface area contributed by atoms with E-state index in [0.29, 0.717) is 17.8 Å². The van der Waals surface area contributed by atoms with E-state index >= 15 is 0 Å². The summed E-state index contributed by atoms with van der Waals surface area (Å²) in [6.07, 6.45) is 6.04. The van der Waals surface area contributed by atoms with Crippen molar-refractivity contribution in [2.24, 2.45) is 5.73 Å². The van der Waals surface area contributed by atoms with Crippen LogP contribution in [0.4, 0.5) is 0 Å². The van der Waals surface area contributed by atoms with Crippen molar-refractivity contribution in [1.29, 1.82) is 0 Å². The number of nitrogens with two attached hydrogens (primary N) is 1. The third-order valence-corrected chi connectivity index (χ3v) is 3.40. The number of carbonyl (C=O) groups is 4. The maximum atomic E-state index is 10.3. The Morgan fingerprint density at radius 3 is 1.58 bits per heavy atom. The van der Waals surface area contributed by atoms with Crippen LogP contribution in [-0.4, -0.2) is 55.9 Å². The van der Waals surface area contributed by atoms with Gasteiger partial charge >= 0.3 is 17.9 Å². The Morgan fingerprint density at radius 2 is 1.34 bits per heavy atom. The minimum atomic E-state index is -0.501. The number of primary amides is 1. The molecular formula is C29H43NO8. The Labute approximate surface area is 227 Å². The summed E-state index contributed by atoms with van der Waals surface area (Å²) in [5, 5.41) is 8.10. The summed E-state index contributed by atoms with van der Waals surface area (Å²) in [6.45, 7) is 22.3. The molecule has 0 radical (unpaired) electrons. The Balaban J connectivity index is -0.000000191. The van der Waals surface area contributed by atoms with E-state index < -0.39 is 11.9 Å². The number of unbranched alkanes of at least 4 members (excludes halogenated alkanes) is 1. The minimum absolute atomic E-state index is 0.0465. The standard InChI is InChI=1S/C8H8.C7H12O2.C5H8O3.C5H8O2.C4H7NO/c1-2-8-6-4-3-5-7-8;1-3-5-6-9-7(8)4-2;1-2-5(7)8-4-3-6;1-4(2)5(6)7-3;1-3(2)4(5)6/h2-7H,1H2;4H,2-3,5-6H2,1H3;2,6H,1,3-4H2;1H2,2-3H3;1H2,2H3,(H2,5,6). The maximum Gasteiger partial charge on any atom is 0.332 e. The molecule has 0 heterocycles. The van der Waals surface area contributed by atoms with Crippen LogP contribution in [0, 0.1) is 0 Å². The molecule has 9 nitrogen and oxygen atoms in total. The van der Waals surface area contributed by atoms with Gasteiger partial charge in [0.1, 0.15) is 6.61 Å². The van der Waals surface area contributed by atoms with Crippen molar-refractivity contribution in [3.05, 3.63) is 92.1 Å². The lowest BCUT2D eigenvalue weighted by Crippen LogP contribution is -2.10. The van der Waals surface area contributed by atoms with Crippen LogP contribution in [0.3, 0.4) is 0 Å². The van der Waals surface area contributed by atoms with Crippen molar-refractivity contribution in [3.63, 3.8) is 0 Å². The fourth-order valence-electron chi connectivity index (χ4n) is 1.34. The van der Waals surface area contributed by atoms with Crippen molar-refractivity contribution >= 4 is 29.9 Å². The molecule has 1 aromatic carbocycles. The first-order chi connectivity index (χ1) is 17.9. The second kappa shape index (κ2) is 30.8. The lowest BCUT2D eigenvalue weighted by molar-refractivity contribution is -0.139. The number of benzene rings is 1. The quantitative estimate of drug-likeness (QED) is 0.196. The Bertz CT molecular complexity index is 849. The number of methoxy groups -OCH3 is 1. The van der Waals surface area contributed by atoms with E-state index in [-0.39, 0.29) is 25.2 Å². The molecule has 0 saturated carbocycles. The van der Waals surface area contributed by atoms with Gasteiger partial charge in [-0.3, -0.25) is 4.79 Å². The first-order valence-electron chi connectivity index (χ1n) is 11.4. The Hall–Kier alpha value is -4.24. The number of amides is 1. The van der Waals surface area contributed by atoms with Gasteiger partial charge in [-0.25, -0.2) is 14.4 Å². The summed E-state index contributed by atoms with van der Waals surface area (Å²) in [6, 6.07) is 10.0. The van der Waals surface area contributed by atoms with Crippen LogP contribution in [0.5, 0.6) is 0 Å². The molecule has 0 bridgehead atoms. The molecule has 38 heavy (non-hydrogen) atoms. The molecule has 0 saturated heterocycles. The highest BCUT2D eigenvalue weighted by Gasteiger charge is 1.95. The van der Waals surface area contributed by atoms with Gasteiger partial charge in [0, 0.05) is 23.3 Å². The molecule has 0 aromatic heterocycles. The van der Waals surface area contributed by atoms with Crippen molar-refractivity contribution in [2.45, 2.75) is 33.6 Å². The molecule has 212 valence electrons. The fourth-order valence-corrected chi connectivity index (χ4v) is 1.34. The van der Waals surface area contributed by atoms with Gasteiger partial charge in [0.15, 0.2) is 0 Å². The van der Waals surface area contributed by atoms with E-state index in [4.69, 9.17) is 10.8 Å². The van der Waals surface area contributed by atoms with Gasteiger partial charge in [-0.2, -0.15) is 0 Å². The third kappa shape index (κ3) is 36.3. The summed E-state index contributed by atoms with van der Waals surface area (Å²) in [5.74, 6) is -1.61. The van der Waals surface area contributed by atoms with E-state index in [1.54, 1.807) is 13.8 Å². The van der Waals surface area contributed by atoms with Crippen LogP contribution >= 0.6 is 0 Å². The van der Waals surface area contributed by atoms with Gasteiger partial charge in [-0.05, 0) is 25.8 Å². The van der Waals surface area contributed by atoms with Gasteiger partial charge < -0.3 is 25.1 Å². The van der Waals surface area contributed by atoms with Crippen LogP contribution in [0.25, 0.3) is 6.08 Å². The molecular weight excluding hydrogens is 490 g/mol. The van der Waals surface area contributed by atoms with Gasteiger partial charge in [-0.15, -0.1) is 0 Å². The molecule has 0 spiro atoms. The number of rotatable bonds is 10. The number of aliphatic hydroxyl groups is 1. The number of hydrogen-bond acceptors (Lipinski definition) is 8. The maximum absolute atomic E-state index is 10.3. The first kappa shape index (κ1) is 40.9. The van der Waals surface area contributed by atoms with Crippen LogP contribution in [0.15, 0.2) is 86.5 Å². The second-order valence-corrected chi connectivity index (χ2v) is 6.85. The molecule has 1 aromatic rings. The monoisotopic (exact) mass is 533 g/mol. The molecule has 1 rings (SSSR count). The average Bonchev–Trinajstić information content (AvgIpc) is 2.92. The van der Waals surface area contributed by atoms with Crippen molar-refractivity contribution in [1.82, 2.24) is 0 Å². The molecule has 0 atom stereocenters. The summed E-state index contributed by atoms with van der Waals surface area (Å²) >= 11 is 0. The predicted molar refractivity (Wildman–Crippen MR) is 152 cm³/mol. The summed E-state index contributed by atoms with van der Waals surface area (Å²) in [5.41, 5.74) is 6.70. The van der Waals surface area contributed by atoms with Crippen molar-refractivity contribution in [2.75, 3.05) is 26.9 Å². The molecule has 0 aliphatic carbocycles. The van der Waals surface area contributed by atoms with Crippen LogP contribution in [0.2, 0.25) is 0 Å². The third-order valence-electron chi connectivity index (χ3n) is 3.40. The summed E-state index contributed by atoms with van der Waals surface area (Å²) < 4.78 is 13.3. The SMILES string of the molecule is C=C(C)C(=O)OC.C=C(C)C(N)=O.C=CC(=O)OCCCC.C=CC(=O)OCCO.C=Cc1ccccc1. The van der Waals surface area contributed by atoms with Crippen LogP contribution in [0.1, 0.15) is 39.2 Å². The number of aliphatic hydroxyl groups excluding tert-OH is 1. The van der Waals surface area contributed by atoms with E-state index in [0.717, 1.165) is 18.9 Å². The molecule has 0 fully saturated rings. The molecule has 0 aliphatic rings. The highest BCUT2D eigenvalue weighted by atomic mass is 16.5. The molecule has 3 N–H and O–H groups in total. The zero-order valence-corrected chi connectivity index (χ0v) is 23.1. The summed E-state index contributed by atoms with van der Waals surface area (Å²) in [7, 11) is 1.33. The lowest BCUT2D eigenvalue weighted by atomic mass is 10.2. The molecule has 0 aliphatic heterocycles. The predicted octanol–water partition coefficient (Wildman–Crippen LogP) is 4.34. The van der Waals surface area contributed by atoms with Crippen LogP contribution in [-0.2, 0) is 33.4 Å². The topological polar surface area (TPSA) is 142 Å². The van der Waals surface area contributed by atoms with Gasteiger partial charge in [-0.1, -0.05) is 82.6 Å². The highest BCUT2D eigenvalue weighted by Crippen LogP contribution is 1.97. The molecule has 1 amide bonds. The van der Waals surface area contributed by atoms with Crippen molar-refractivity contribution in [3.8, 4) is 0 Å². The van der Waals surface area contributed by atoms with Gasteiger partial charge in [0.2, 0.25) is 5.91 Å². The fraction of sp³-hybridized carbons (Fsp3) is 0.310. The second-order valence-electron chi connectivity index (χ2n) is 6.85. The molecule has 0 unspecified atom stereocenters. The normalized spacial score (nSPS) is 8.13. The highest BCUT2D eigenvalue weighted by molar-refractivity contribution is 5.90. The first-order valence-corrected chi connectivity index (χ1v) is 11.4. The van der Waals surface area contributed by atoms with Gasteiger partial charge in [0.25, 0.3) is 0 Å². The van der Waals surface area contributed by atoms with E-state index in [2.05, 4.69) is 47.1 Å². The Morgan fingerprint density at radius 1 is 0.895 bits per heavy atom. The van der Waals surface area contributed by atoms with Crippen LogP contribution < -0.4 is 5.73 Å². The van der Waals surface area contributed by atoms with E-state index in [1.807, 2.05) is 43.3 Å². The number of carbonyl (C=O) groups excluding carboxylic acids is 4. The smallest absolute Gasteiger partial charge is 0.332 e.